The number of rotatable bonds is 5. The minimum absolute atomic E-state index is 0.287. The smallest absolute Gasteiger partial charge is 0.492 e. The Morgan fingerprint density at radius 1 is 1.10 bits per heavy atom. The number of alkyl halides is 3. The van der Waals surface area contributed by atoms with E-state index in [4.69, 9.17) is 10.5 Å². The second-order valence-electron chi connectivity index (χ2n) is 3.87. The minimum Gasteiger partial charge on any atom is -0.492 e. The molecule has 1 aromatic carbocycles. The van der Waals surface area contributed by atoms with Crippen LogP contribution in [0, 0.1) is 0 Å². The summed E-state index contributed by atoms with van der Waals surface area (Å²) in [5.41, 5.74) is 5.45. The van der Waals surface area contributed by atoms with Crippen LogP contribution in [0.3, 0.4) is 0 Å². The number of benzene rings is 1. The standard InChI is InChI=1S/C12H12F3N3O2/c13-12(14,15)20-10-3-1-9(2-4-10)19-8-7-18-6-5-11(16)17-18/h1-6H,7-8H2,(H2,16,17). The Morgan fingerprint density at radius 2 is 1.75 bits per heavy atom. The van der Waals surface area contributed by atoms with Crippen LogP contribution in [0.2, 0.25) is 0 Å². The van der Waals surface area contributed by atoms with Gasteiger partial charge in [0.15, 0.2) is 0 Å². The normalized spacial score (nSPS) is 11.3. The first-order valence-corrected chi connectivity index (χ1v) is 5.70. The van der Waals surface area contributed by atoms with E-state index < -0.39 is 6.36 Å². The molecule has 0 saturated heterocycles. The zero-order valence-corrected chi connectivity index (χ0v) is 10.3. The first kappa shape index (κ1) is 14.0. The van der Waals surface area contributed by atoms with Crippen LogP contribution in [0.5, 0.6) is 11.5 Å². The van der Waals surface area contributed by atoms with E-state index >= 15 is 0 Å². The predicted molar refractivity (Wildman–Crippen MR) is 65.3 cm³/mol. The third kappa shape index (κ3) is 4.38. The highest BCUT2D eigenvalue weighted by molar-refractivity contribution is 5.31. The van der Waals surface area contributed by atoms with E-state index in [1.54, 1.807) is 16.9 Å². The highest BCUT2D eigenvalue weighted by Crippen LogP contribution is 2.24. The Kier molecular flexibility index (Phi) is 4.02. The molecule has 8 heteroatoms. The van der Waals surface area contributed by atoms with E-state index in [9.17, 15) is 13.2 Å². The van der Waals surface area contributed by atoms with E-state index in [-0.39, 0.29) is 5.75 Å². The Balaban J connectivity index is 1.82. The van der Waals surface area contributed by atoms with Gasteiger partial charge in [-0.2, -0.15) is 5.10 Å². The highest BCUT2D eigenvalue weighted by Gasteiger charge is 2.30. The molecule has 1 heterocycles. The van der Waals surface area contributed by atoms with Crippen molar-refractivity contribution in [1.82, 2.24) is 9.78 Å². The Hall–Kier alpha value is -2.38. The van der Waals surface area contributed by atoms with Crippen LogP contribution in [0.1, 0.15) is 0 Å². The Labute approximate surface area is 112 Å². The lowest BCUT2D eigenvalue weighted by Gasteiger charge is -2.10. The number of halogens is 3. The molecule has 0 aliphatic heterocycles. The van der Waals surface area contributed by atoms with Crippen LogP contribution in [0.15, 0.2) is 36.5 Å². The average molecular weight is 287 g/mol. The Bertz CT molecular complexity index is 552. The lowest BCUT2D eigenvalue weighted by Crippen LogP contribution is -2.17. The molecule has 5 nitrogen and oxygen atoms in total. The second-order valence-corrected chi connectivity index (χ2v) is 3.87. The number of anilines is 1. The van der Waals surface area contributed by atoms with Crippen molar-refractivity contribution < 1.29 is 22.6 Å². The van der Waals surface area contributed by atoms with Crippen molar-refractivity contribution in [2.75, 3.05) is 12.3 Å². The number of nitrogens with zero attached hydrogens (tertiary/aromatic N) is 2. The van der Waals surface area contributed by atoms with E-state index in [1.807, 2.05) is 0 Å². The van der Waals surface area contributed by atoms with E-state index in [0.717, 1.165) is 0 Å². The molecule has 0 atom stereocenters. The van der Waals surface area contributed by atoms with Gasteiger partial charge < -0.3 is 15.2 Å². The molecule has 1 aromatic heterocycles. The zero-order valence-electron chi connectivity index (χ0n) is 10.3. The maximum atomic E-state index is 12.0. The minimum atomic E-state index is -4.69. The van der Waals surface area contributed by atoms with Crippen molar-refractivity contribution in [3.8, 4) is 11.5 Å². The molecule has 0 aliphatic rings. The second kappa shape index (κ2) is 5.72. The van der Waals surface area contributed by atoms with Gasteiger partial charge in [0.1, 0.15) is 23.9 Å². The summed E-state index contributed by atoms with van der Waals surface area (Å²) in [5, 5.41) is 3.97. The maximum Gasteiger partial charge on any atom is 0.573 e. The molecule has 20 heavy (non-hydrogen) atoms. The van der Waals surface area contributed by atoms with Crippen molar-refractivity contribution in [3.63, 3.8) is 0 Å². The summed E-state index contributed by atoms with van der Waals surface area (Å²) >= 11 is 0. The quantitative estimate of drug-likeness (QED) is 0.917. The van der Waals surface area contributed by atoms with Crippen molar-refractivity contribution >= 4 is 5.82 Å². The monoisotopic (exact) mass is 287 g/mol. The molecule has 0 radical (unpaired) electrons. The Morgan fingerprint density at radius 3 is 2.30 bits per heavy atom. The SMILES string of the molecule is Nc1ccn(CCOc2ccc(OC(F)(F)F)cc2)n1. The molecule has 0 aliphatic carbocycles. The first-order chi connectivity index (χ1) is 9.42. The van der Waals surface area contributed by atoms with Gasteiger partial charge in [-0.3, -0.25) is 4.68 Å². The number of nitrogens with two attached hydrogens (primary N) is 1. The number of nitrogen functional groups attached to an aromatic ring is 1. The topological polar surface area (TPSA) is 62.3 Å². The van der Waals surface area contributed by atoms with Crippen molar-refractivity contribution in [1.29, 1.82) is 0 Å². The summed E-state index contributed by atoms with van der Waals surface area (Å²) < 4.78 is 46.6. The molecule has 0 spiro atoms. The van der Waals surface area contributed by atoms with Crippen LogP contribution in [-0.2, 0) is 6.54 Å². The van der Waals surface area contributed by atoms with E-state index in [0.29, 0.717) is 24.7 Å². The van der Waals surface area contributed by atoms with Crippen molar-refractivity contribution in [3.05, 3.63) is 36.5 Å². The summed E-state index contributed by atoms with van der Waals surface area (Å²) in [7, 11) is 0. The van der Waals surface area contributed by atoms with Gasteiger partial charge in [-0.05, 0) is 30.3 Å². The van der Waals surface area contributed by atoms with Crippen LogP contribution >= 0.6 is 0 Å². The molecule has 2 aromatic rings. The molecule has 0 fully saturated rings. The van der Waals surface area contributed by atoms with Crippen LogP contribution in [-0.4, -0.2) is 22.7 Å². The van der Waals surface area contributed by atoms with Gasteiger partial charge in [-0.1, -0.05) is 0 Å². The van der Waals surface area contributed by atoms with Crippen LogP contribution in [0.4, 0.5) is 19.0 Å². The third-order valence-electron chi connectivity index (χ3n) is 2.31. The molecule has 2 N–H and O–H groups in total. The molecule has 0 unspecified atom stereocenters. The van der Waals surface area contributed by atoms with Crippen molar-refractivity contribution in [2.45, 2.75) is 12.9 Å². The molecule has 0 saturated carbocycles. The van der Waals surface area contributed by atoms with E-state index in [1.165, 1.54) is 24.3 Å². The largest absolute Gasteiger partial charge is 0.573 e. The molecular formula is C12H12F3N3O2. The molecule has 2 rings (SSSR count). The zero-order chi connectivity index (χ0) is 14.6. The summed E-state index contributed by atoms with van der Waals surface area (Å²) in [6.45, 7) is 0.804. The molecule has 0 bridgehead atoms. The van der Waals surface area contributed by atoms with Gasteiger partial charge in [0, 0.05) is 6.20 Å². The third-order valence-corrected chi connectivity index (χ3v) is 2.31. The predicted octanol–water partition coefficient (Wildman–Crippen LogP) is 2.44. The molecule has 0 amide bonds. The number of hydrogen-bond acceptors (Lipinski definition) is 4. The molecular weight excluding hydrogens is 275 g/mol. The van der Waals surface area contributed by atoms with Gasteiger partial charge in [0.05, 0.1) is 6.54 Å². The number of ether oxygens (including phenoxy) is 2. The molecule has 108 valence electrons. The fraction of sp³-hybridized carbons (Fsp3) is 0.250. The summed E-state index contributed by atoms with van der Waals surface area (Å²) in [6, 6.07) is 6.84. The number of aromatic nitrogens is 2. The number of hydrogen-bond donors (Lipinski definition) is 1. The average Bonchev–Trinajstić information content (AvgIpc) is 2.75. The fourth-order valence-corrected chi connectivity index (χ4v) is 1.50. The lowest BCUT2D eigenvalue weighted by molar-refractivity contribution is -0.274. The van der Waals surface area contributed by atoms with Crippen molar-refractivity contribution in [2.24, 2.45) is 0 Å². The van der Waals surface area contributed by atoms with Gasteiger partial charge in [-0.15, -0.1) is 13.2 Å². The maximum absolute atomic E-state index is 12.0. The van der Waals surface area contributed by atoms with Gasteiger partial charge >= 0.3 is 6.36 Å². The van der Waals surface area contributed by atoms with Gasteiger partial charge in [0.25, 0.3) is 0 Å². The van der Waals surface area contributed by atoms with E-state index in [2.05, 4.69) is 9.84 Å². The van der Waals surface area contributed by atoms with Gasteiger partial charge in [0.2, 0.25) is 0 Å². The summed E-state index contributed by atoms with van der Waals surface area (Å²) in [6.07, 6.45) is -2.98. The van der Waals surface area contributed by atoms with Crippen LogP contribution in [0.25, 0.3) is 0 Å². The highest BCUT2D eigenvalue weighted by atomic mass is 19.4. The fourth-order valence-electron chi connectivity index (χ4n) is 1.50. The van der Waals surface area contributed by atoms with Crippen LogP contribution < -0.4 is 15.2 Å². The van der Waals surface area contributed by atoms with Gasteiger partial charge in [-0.25, -0.2) is 0 Å². The first-order valence-electron chi connectivity index (χ1n) is 5.70. The summed E-state index contributed by atoms with van der Waals surface area (Å²) in [5.74, 6) is 0.572. The lowest BCUT2D eigenvalue weighted by atomic mass is 10.3. The summed E-state index contributed by atoms with van der Waals surface area (Å²) in [4.78, 5) is 0.